The second-order valence-corrected chi connectivity index (χ2v) is 5.91. The van der Waals surface area contributed by atoms with E-state index in [1.807, 2.05) is 6.92 Å². The monoisotopic (exact) mass is 269 g/mol. The molecule has 1 unspecified atom stereocenters. The van der Waals surface area contributed by atoms with Gasteiger partial charge in [-0.1, -0.05) is 31.8 Å². The molecular formula is C14H27N3O2. The number of amidine groups is 1. The quantitative estimate of drug-likeness (QED) is 0.299. The van der Waals surface area contributed by atoms with Crippen molar-refractivity contribution >= 4 is 11.7 Å². The number of oxime groups is 1. The Morgan fingerprint density at radius 1 is 1.42 bits per heavy atom. The van der Waals surface area contributed by atoms with Crippen molar-refractivity contribution in [2.45, 2.75) is 59.3 Å². The van der Waals surface area contributed by atoms with Gasteiger partial charge in [0.2, 0.25) is 5.91 Å². The smallest absolute Gasteiger partial charge is 0.233 e. The predicted octanol–water partition coefficient (Wildman–Crippen LogP) is 2.24. The molecule has 1 aliphatic rings. The number of hydrogen-bond acceptors (Lipinski definition) is 3. The van der Waals surface area contributed by atoms with Gasteiger partial charge in [0.15, 0.2) is 5.84 Å². The van der Waals surface area contributed by atoms with Crippen LogP contribution in [-0.4, -0.2) is 23.5 Å². The number of hydrogen-bond donors (Lipinski definition) is 3. The van der Waals surface area contributed by atoms with Gasteiger partial charge >= 0.3 is 0 Å². The Morgan fingerprint density at radius 3 is 2.42 bits per heavy atom. The van der Waals surface area contributed by atoms with E-state index in [2.05, 4.69) is 17.4 Å². The van der Waals surface area contributed by atoms with Gasteiger partial charge in [-0.15, -0.1) is 0 Å². The molecule has 5 heteroatoms. The average molecular weight is 269 g/mol. The fourth-order valence-corrected chi connectivity index (χ4v) is 2.81. The van der Waals surface area contributed by atoms with Gasteiger partial charge < -0.3 is 16.3 Å². The summed E-state index contributed by atoms with van der Waals surface area (Å²) in [7, 11) is 0. The second-order valence-electron chi connectivity index (χ2n) is 5.91. The van der Waals surface area contributed by atoms with E-state index in [1.54, 1.807) is 6.92 Å². The number of nitrogens with two attached hydrogens (primary N) is 1. The van der Waals surface area contributed by atoms with Crippen molar-refractivity contribution in [3.8, 4) is 0 Å². The molecule has 5 nitrogen and oxygen atoms in total. The zero-order chi connectivity index (χ0) is 14.5. The number of carbonyl (C=O) groups is 1. The summed E-state index contributed by atoms with van der Waals surface area (Å²) in [6, 6.07) is 0. The standard InChI is InChI=1S/C14H27N3O2/c1-4-13(3,11(15)17-19)12(18)16-10-14(5-2)8-6-7-9-14/h19H,4-10H2,1-3H3,(H2,15,17)(H,16,18). The van der Waals surface area contributed by atoms with Gasteiger partial charge in [-0.05, 0) is 38.0 Å². The van der Waals surface area contributed by atoms with Crippen molar-refractivity contribution in [2.24, 2.45) is 21.7 Å². The zero-order valence-corrected chi connectivity index (χ0v) is 12.3. The van der Waals surface area contributed by atoms with Crippen LogP contribution in [0.15, 0.2) is 5.16 Å². The highest BCUT2D eigenvalue weighted by molar-refractivity contribution is 6.06. The Labute approximate surface area is 115 Å². The molecule has 0 aliphatic heterocycles. The van der Waals surface area contributed by atoms with Crippen molar-refractivity contribution < 1.29 is 10.0 Å². The molecule has 0 aromatic carbocycles. The van der Waals surface area contributed by atoms with Crippen LogP contribution in [0.3, 0.4) is 0 Å². The van der Waals surface area contributed by atoms with Gasteiger partial charge in [0, 0.05) is 6.54 Å². The molecule has 0 radical (unpaired) electrons. The third-order valence-electron chi connectivity index (χ3n) is 4.92. The maximum atomic E-state index is 12.3. The van der Waals surface area contributed by atoms with Crippen LogP contribution in [0.25, 0.3) is 0 Å². The first-order valence-electron chi connectivity index (χ1n) is 7.20. The Hall–Kier alpha value is -1.26. The van der Waals surface area contributed by atoms with E-state index in [0.717, 1.165) is 6.42 Å². The molecule has 1 saturated carbocycles. The van der Waals surface area contributed by atoms with E-state index in [1.165, 1.54) is 25.7 Å². The fourth-order valence-electron chi connectivity index (χ4n) is 2.81. The highest BCUT2D eigenvalue weighted by atomic mass is 16.4. The first-order valence-corrected chi connectivity index (χ1v) is 7.20. The molecule has 0 bridgehead atoms. The lowest BCUT2D eigenvalue weighted by Crippen LogP contribution is -2.49. The summed E-state index contributed by atoms with van der Waals surface area (Å²) in [6.07, 6.45) is 6.43. The maximum Gasteiger partial charge on any atom is 0.233 e. The van der Waals surface area contributed by atoms with Gasteiger partial charge in [0.05, 0.1) is 0 Å². The minimum Gasteiger partial charge on any atom is -0.409 e. The maximum absolute atomic E-state index is 12.3. The van der Waals surface area contributed by atoms with Gasteiger partial charge in [0.25, 0.3) is 0 Å². The third-order valence-corrected chi connectivity index (χ3v) is 4.92. The van der Waals surface area contributed by atoms with Crippen LogP contribution in [0.4, 0.5) is 0 Å². The molecule has 1 amide bonds. The van der Waals surface area contributed by atoms with Crippen LogP contribution in [0.5, 0.6) is 0 Å². The van der Waals surface area contributed by atoms with Gasteiger partial charge in [-0.2, -0.15) is 0 Å². The molecule has 110 valence electrons. The Bertz CT molecular complexity index is 349. The summed E-state index contributed by atoms with van der Waals surface area (Å²) >= 11 is 0. The molecule has 0 aromatic rings. The summed E-state index contributed by atoms with van der Waals surface area (Å²) in [5, 5.41) is 14.8. The average Bonchev–Trinajstić information content (AvgIpc) is 2.92. The molecule has 0 aromatic heterocycles. The van der Waals surface area contributed by atoms with E-state index in [-0.39, 0.29) is 17.2 Å². The summed E-state index contributed by atoms with van der Waals surface area (Å²) in [5.41, 5.74) is 4.97. The highest BCUT2D eigenvalue weighted by Crippen LogP contribution is 2.40. The minimum atomic E-state index is -0.928. The van der Waals surface area contributed by atoms with Crippen LogP contribution < -0.4 is 11.1 Å². The molecular weight excluding hydrogens is 242 g/mol. The second kappa shape index (κ2) is 6.26. The Morgan fingerprint density at radius 2 is 2.00 bits per heavy atom. The first-order chi connectivity index (χ1) is 8.94. The van der Waals surface area contributed by atoms with E-state index in [0.29, 0.717) is 13.0 Å². The zero-order valence-electron chi connectivity index (χ0n) is 12.3. The van der Waals surface area contributed by atoms with E-state index in [4.69, 9.17) is 10.9 Å². The van der Waals surface area contributed by atoms with Crippen LogP contribution >= 0.6 is 0 Å². The van der Waals surface area contributed by atoms with E-state index < -0.39 is 5.41 Å². The van der Waals surface area contributed by atoms with Crippen molar-refractivity contribution in [1.29, 1.82) is 0 Å². The molecule has 1 fully saturated rings. The lowest BCUT2D eigenvalue weighted by atomic mass is 9.81. The molecule has 0 saturated heterocycles. The van der Waals surface area contributed by atoms with Crippen molar-refractivity contribution in [2.75, 3.05) is 6.54 Å². The van der Waals surface area contributed by atoms with Crippen molar-refractivity contribution in [3.05, 3.63) is 0 Å². The van der Waals surface area contributed by atoms with Gasteiger partial charge in [0.1, 0.15) is 5.41 Å². The lowest BCUT2D eigenvalue weighted by Gasteiger charge is -2.31. The minimum absolute atomic E-state index is 0.0236. The van der Waals surface area contributed by atoms with Crippen molar-refractivity contribution in [3.63, 3.8) is 0 Å². The van der Waals surface area contributed by atoms with Gasteiger partial charge in [-0.25, -0.2) is 0 Å². The fraction of sp³-hybridized carbons (Fsp3) is 0.857. The number of nitrogens with zero attached hydrogens (tertiary/aromatic N) is 1. The normalized spacial score (nSPS) is 21.9. The highest BCUT2D eigenvalue weighted by Gasteiger charge is 2.38. The number of nitrogens with one attached hydrogen (secondary N) is 1. The third kappa shape index (κ3) is 3.19. The number of carbonyl (C=O) groups excluding carboxylic acids is 1. The molecule has 1 rings (SSSR count). The van der Waals surface area contributed by atoms with Crippen LogP contribution in [-0.2, 0) is 4.79 Å². The summed E-state index contributed by atoms with van der Waals surface area (Å²) in [4.78, 5) is 12.3. The van der Waals surface area contributed by atoms with E-state index in [9.17, 15) is 4.79 Å². The first kappa shape index (κ1) is 15.8. The molecule has 19 heavy (non-hydrogen) atoms. The summed E-state index contributed by atoms with van der Waals surface area (Å²) < 4.78 is 0. The summed E-state index contributed by atoms with van der Waals surface area (Å²) in [6.45, 7) is 6.45. The number of rotatable bonds is 6. The Balaban J connectivity index is 2.68. The Kier molecular flexibility index (Phi) is 5.20. The summed E-state index contributed by atoms with van der Waals surface area (Å²) in [5.74, 6) is -0.172. The van der Waals surface area contributed by atoms with E-state index >= 15 is 0 Å². The lowest BCUT2D eigenvalue weighted by molar-refractivity contribution is -0.127. The topological polar surface area (TPSA) is 87.7 Å². The van der Waals surface area contributed by atoms with Crippen LogP contribution in [0.1, 0.15) is 59.3 Å². The van der Waals surface area contributed by atoms with Crippen LogP contribution in [0.2, 0.25) is 0 Å². The largest absolute Gasteiger partial charge is 0.409 e. The van der Waals surface area contributed by atoms with Crippen molar-refractivity contribution in [1.82, 2.24) is 5.32 Å². The molecule has 1 aliphatic carbocycles. The molecule has 0 spiro atoms. The number of amides is 1. The molecule has 4 N–H and O–H groups in total. The molecule has 0 heterocycles. The SMILES string of the molecule is CCC1(CNC(=O)C(C)(CC)C(N)=NO)CCCC1. The van der Waals surface area contributed by atoms with Crippen LogP contribution in [0, 0.1) is 10.8 Å². The van der Waals surface area contributed by atoms with Gasteiger partial charge in [-0.3, -0.25) is 4.79 Å². The molecule has 1 atom stereocenters. The predicted molar refractivity (Wildman–Crippen MR) is 76.0 cm³/mol.